The molecule has 2 fully saturated rings. The summed E-state index contributed by atoms with van der Waals surface area (Å²) in [7, 11) is -3.14. The maximum atomic E-state index is 12.4. The Labute approximate surface area is 128 Å². The highest BCUT2D eigenvalue weighted by atomic mass is 32.2. The first-order valence-corrected chi connectivity index (χ1v) is 9.72. The summed E-state index contributed by atoms with van der Waals surface area (Å²) in [5.41, 5.74) is 0.628. The van der Waals surface area contributed by atoms with Crippen LogP contribution in [0.1, 0.15) is 34.8 Å². The normalized spacial score (nSPS) is 28.9. The number of hydrogen-bond donors (Lipinski definition) is 1. The molecule has 1 saturated heterocycles. The number of likely N-dealkylation sites (tertiary alicyclic amines) is 1. The lowest BCUT2D eigenvalue weighted by Crippen LogP contribution is -2.51. The van der Waals surface area contributed by atoms with Crippen LogP contribution in [0.4, 0.5) is 0 Å². The van der Waals surface area contributed by atoms with Crippen LogP contribution in [-0.2, 0) is 10.0 Å². The molecule has 3 rings (SSSR count). The first-order chi connectivity index (χ1) is 9.76. The number of sulfonamides is 1. The molecule has 21 heavy (non-hydrogen) atoms. The molecule has 1 aliphatic carbocycles. The van der Waals surface area contributed by atoms with Gasteiger partial charge in [0.1, 0.15) is 5.69 Å². The average Bonchev–Trinajstić information content (AvgIpc) is 2.92. The Morgan fingerprint density at radius 3 is 2.81 bits per heavy atom. The summed E-state index contributed by atoms with van der Waals surface area (Å²) in [6, 6.07) is 0.0246. The minimum absolute atomic E-state index is 0.00394. The van der Waals surface area contributed by atoms with Crippen LogP contribution in [0.25, 0.3) is 0 Å². The smallest absolute Gasteiger partial charge is 0.273 e. The molecule has 0 radical (unpaired) electrons. The monoisotopic (exact) mass is 329 g/mol. The highest BCUT2D eigenvalue weighted by molar-refractivity contribution is 7.88. The minimum Gasteiger partial charge on any atom is -0.337 e. The summed E-state index contributed by atoms with van der Waals surface area (Å²) in [4.78, 5) is 18.5. The van der Waals surface area contributed by atoms with E-state index in [0.29, 0.717) is 12.2 Å². The number of aryl methyl sites for hydroxylation is 1. The molecule has 1 aromatic heterocycles. The van der Waals surface area contributed by atoms with Gasteiger partial charge in [-0.1, -0.05) is 0 Å². The molecule has 1 saturated carbocycles. The molecule has 8 heteroatoms. The van der Waals surface area contributed by atoms with Crippen molar-refractivity contribution < 1.29 is 13.2 Å². The maximum Gasteiger partial charge on any atom is 0.273 e. The molecule has 2 heterocycles. The van der Waals surface area contributed by atoms with E-state index in [1.165, 1.54) is 17.6 Å². The van der Waals surface area contributed by atoms with Crippen LogP contribution < -0.4 is 4.72 Å². The van der Waals surface area contributed by atoms with Crippen molar-refractivity contribution in [1.29, 1.82) is 0 Å². The fourth-order valence-corrected chi connectivity index (χ4v) is 4.80. The first-order valence-electron chi connectivity index (χ1n) is 6.95. The third-order valence-corrected chi connectivity index (χ3v) is 5.84. The quantitative estimate of drug-likeness (QED) is 0.897. The molecular formula is C13H19N3O3S2. The predicted molar refractivity (Wildman–Crippen MR) is 80.8 cm³/mol. The molecule has 2 aliphatic rings. The van der Waals surface area contributed by atoms with Crippen LogP contribution in [0.3, 0.4) is 0 Å². The highest BCUT2D eigenvalue weighted by Crippen LogP contribution is 2.48. The van der Waals surface area contributed by atoms with Crippen molar-refractivity contribution in [2.75, 3.05) is 19.3 Å². The van der Waals surface area contributed by atoms with Crippen molar-refractivity contribution in [1.82, 2.24) is 14.6 Å². The molecule has 1 aromatic rings. The Kier molecular flexibility index (Phi) is 3.58. The lowest BCUT2D eigenvalue weighted by molar-refractivity contribution is 0.0684. The minimum atomic E-state index is -3.14. The van der Waals surface area contributed by atoms with Gasteiger partial charge in [-0.05, 0) is 31.6 Å². The Balaban J connectivity index is 1.58. The summed E-state index contributed by atoms with van der Waals surface area (Å²) in [6.45, 7) is 3.34. The van der Waals surface area contributed by atoms with Crippen molar-refractivity contribution in [3.8, 4) is 0 Å². The van der Waals surface area contributed by atoms with Gasteiger partial charge in [0.15, 0.2) is 0 Å². The third-order valence-electron chi connectivity index (χ3n) is 4.30. The van der Waals surface area contributed by atoms with Gasteiger partial charge in [0.05, 0.1) is 11.3 Å². The number of carbonyl (C=O) groups excluding carboxylic acids is 1. The standard InChI is InChI=1S/C13H19N3O3S2/c1-9-14-11(7-20-9)12(17)16-4-3-13(8-16)5-10(6-13)15-21(2,18)19/h7,10,15H,3-6,8H2,1-2H3. The van der Waals surface area contributed by atoms with Crippen molar-refractivity contribution in [3.05, 3.63) is 16.1 Å². The van der Waals surface area contributed by atoms with E-state index in [4.69, 9.17) is 0 Å². The van der Waals surface area contributed by atoms with Crippen molar-refractivity contribution in [2.24, 2.45) is 5.41 Å². The summed E-state index contributed by atoms with van der Waals surface area (Å²) in [5, 5.41) is 2.70. The van der Waals surface area contributed by atoms with E-state index in [2.05, 4.69) is 9.71 Å². The van der Waals surface area contributed by atoms with Crippen LogP contribution >= 0.6 is 11.3 Å². The molecule has 0 unspecified atom stereocenters. The number of aromatic nitrogens is 1. The number of rotatable bonds is 3. The molecule has 1 spiro atoms. The molecule has 1 aliphatic heterocycles. The fourth-order valence-electron chi connectivity index (χ4n) is 3.44. The molecule has 0 atom stereocenters. The molecule has 6 nitrogen and oxygen atoms in total. The third kappa shape index (κ3) is 3.12. The lowest BCUT2D eigenvalue weighted by Gasteiger charge is -2.45. The van der Waals surface area contributed by atoms with Gasteiger partial charge in [-0.15, -0.1) is 11.3 Å². The summed E-state index contributed by atoms with van der Waals surface area (Å²) in [6.07, 6.45) is 3.77. The van der Waals surface area contributed by atoms with Crippen LogP contribution in [-0.4, -0.2) is 49.6 Å². The average molecular weight is 329 g/mol. The topological polar surface area (TPSA) is 79.4 Å². The number of nitrogens with zero attached hydrogens (tertiary/aromatic N) is 2. The SMILES string of the molecule is Cc1nc(C(=O)N2CCC3(CC(NS(C)(=O)=O)C3)C2)cs1. The zero-order chi connectivity index (χ0) is 15.3. The number of thiazole rings is 1. The van der Waals surface area contributed by atoms with E-state index in [1.54, 1.807) is 5.38 Å². The van der Waals surface area contributed by atoms with Crippen molar-refractivity contribution in [2.45, 2.75) is 32.2 Å². The lowest BCUT2D eigenvalue weighted by atomic mass is 9.65. The number of amides is 1. The second kappa shape index (κ2) is 5.03. The Morgan fingerprint density at radius 1 is 1.52 bits per heavy atom. The number of hydrogen-bond acceptors (Lipinski definition) is 5. The Bertz CT molecular complexity index is 662. The summed E-state index contributed by atoms with van der Waals surface area (Å²) in [5.74, 6) is -0.00394. The first kappa shape index (κ1) is 14.9. The largest absolute Gasteiger partial charge is 0.337 e. The molecular weight excluding hydrogens is 310 g/mol. The van der Waals surface area contributed by atoms with Gasteiger partial charge < -0.3 is 4.90 Å². The van der Waals surface area contributed by atoms with Gasteiger partial charge in [-0.2, -0.15) is 0 Å². The number of nitrogens with one attached hydrogen (secondary N) is 1. The van der Waals surface area contributed by atoms with E-state index in [0.717, 1.165) is 30.8 Å². The predicted octanol–water partition coefficient (Wildman–Crippen LogP) is 0.995. The maximum absolute atomic E-state index is 12.4. The van der Waals surface area contributed by atoms with E-state index in [1.807, 2.05) is 11.8 Å². The summed E-state index contributed by atoms with van der Waals surface area (Å²) >= 11 is 1.48. The van der Waals surface area contributed by atoms with Crippen LogP contribution in [0.5, 0.6) is 0 Å². The van der Waals surface area contributed by atoms with E-state index >= 15 is 0 Å². The second-order valence-corrected chi connectivity index (χ2v) is 9.07. The molecule has 0 aromatic carbocycles. The van der Waals surface area contributed by atoms with Crippen LogP contribution in [0, 0.1) is 12.3 Å². The van der Waals surface area contributed by atoms with Gasteiger partial charge in [-0.3, -0.25) is 4.79 Å². The Hall–Kier alpha value is -0.990. The second-order valence-electron chi connectivity index (χ2n) is 6.22. The molecule has 0 bridgehead atoms. The van der Waals surface area contributed by atoms with Crippen LogP contribution in [0.2, 0.25) is 0 Å². The van der Waals surface area contributed by atoms with E-state index in [9.17, 15) is 13.2 Å². The highest BCUT2D eigenvalue weighted by Gasteiger charge is 2.50. The fraction of sp³-hybridized carbons (Fsp3) is 0.692. The van der Waals surface area contributed by atoms with E-state index in [-0.39, 0.29) is 17.4 Å². The van der Waals surface area contributed by atoms with Gasteiger partial charge in [0.25, 0.3) is 5.91 Å². The zero-order valence-corrected chi connectivity index (χ0v) is 13.8. The van der Waals surface area contributed by atoms with Crippen LogP contribution in [0.15, 0.2) is 5.38 Å². The number of carbonyl (C=O) groups is 1. The molecule has 1 amide bonds. The van der Waals surface area contributed by atoms with E-state index < -0.39 is 10.0 Å². The van der Waals surface area contributed by atoms with Gasteiger partial charge in [-0.25, -0.2) is 18.1 Å². The molecule has 1 N–H and O–H groups in total. The van der Waals surface area contributed by atoms with Gasteiger partial charge in [0.2, 0.25) is 10.0 Å². The van der Waals surface area contributed by atoms with Gasteiger partial charge in [0, 0.05) is 24.5 Å². The van der Waals surface area contributed by atoms with Gasteiger partial charge >= 0.3 is 0 Å². The molecule has 116 valence electrons. The summed E-state index contributed by atoms with van der Waals surface area (Å²) < 4.78 is 25.1. The Morgan fingerprint density at radius 2 is 2.24 bits per heavy atom. The van der Waals surface area contributed by atoms with Crippen molar-refractivity contribution in [3.63, 3.8) is 0 Å². The van der Waals surface area contributed by atoms with Crippen molar-refractivity contribution >= 4 is 27.3 Å². The zero-order valence-electron chi connectivity index (χ0n) is 12.1.